The minimum Gasteiger partial charge on any atom is -0.480 e. The number of benzene rings is 2. The van der Waals surface area contributed by atoms with E-state index in [-0.39, 0.29) is 11.4 Å². The largest absolute Gasteiger partial charge is 0.480 e. The van der Waals surface area contributed by atoms with Crippen molar-refractivity contribution in [3.63, 3.8) is 0 Å². The Morgan fingerprint density at radius 2 is 1.93 bits per heavy atom. The Balaban J connectivity index is 2.54. The van der Waals surface area contributed by atoms with Crippen molar-refractivity contribution in [2.24, 2.45) is 0 Å². The summed E-state index contributed by atoms with van der Waals surface area (Å²) in [6.45, 7) is 4.19. The molecule has 2 aromatic carbocycles. The fourth-order valence-electron chi connectivity index (χ4n) is 2.53. The number of anilines is 1. The minimum absolute atomic E-state index is 0.161. The van der Waals surface area contributed by atoms with Crippen molar-refractivity contribution < 1.29 is 24.4 Å². The lowest BCUT2D eigenvalue weighted by Gasteiger charge is -2.25. The lowest BCUT2D eigenvalue weighted by molar-refractivity contribution is -0.384. The van der Waals surface area contributed by atoms with E-state index in [0.717, 1.165) is 17.4 Å². The van der Waals surface area contributed by atoms with Crippen LogP contribution in [0, 0.1) is 17.0 Å². The van der Waals surface area contributed by atoms with E-state index in [4.69, 9.17) is 16.3 Å². The van der Waals surface area contributed by atoms with E-state index >= 15 is 0 Å². The van der Waals surface area contributed by atoms with Gasteiger partial charge in [0, 0.05) is 24.1 Å². The predicted octanol–water partition coefficient (Wildman–Crippen LogP) is 4.17. The van der Waals surface area contributed by atoms with Crippen LogP contribution in [-0.2, 0) is 9.59 Å². The van der Waals surface area contributed by atoms with Crippen LogP contribution in [0.4, 0.5) is 11.4 Å². The number of ether oxygens (including phenoxy) is 1. The zero-order chi connectivity index (χ0) is 20.3. The SMILES string of the molecule is CC(=O)N(c1cc(Oc2ccc(Cl)cc2C)ccc1[N+](=O)[O-])C(C)C(=O)O. The Labute approximate surface area is 160 Å². The van der Waals surface area contributed by atoms with Crippen LogP contribution in [0.25, 0.3) is 0 Å². The van der Waals surface area contributed by atoms with E-state index in [1.807, 2.05) is 0 Å². The summed E-state index contributed by atoms with van der Waals surface area (Å²) in [5, 5.41) is 21.1. The fraction of sp³-hybridized carbons (Fsp3) is 0.222. The Morgan fingerprint density at radius 1 is 1.26 bits per heavy atom. The molecular weight excluding hydrogens is 376 g/mol. The highest BCUT2D eigenvalue weighted by atomic mass is 35.5. The Hall–Kier alpha value is -3.13. The van der Waals surface area contributed by atoms with Crippen LogP contribution >= 0.6 is 11.6 Å². The third-order valence-electron chi connectivity index (χ3n) is 3.85. The van der Waals surface area contributed by atoms with E-state index in [0.29, 0.717) is 10.8 Å². The molecule has 27 heavy (non-hydrogen) atoms. The fourth-order valence-corrected chi connectivity index (χ4v) is 2.76. The molecule has 1 atom stereocenters. The third-order valence-corrected chi connectivity index (χ3v) is 4.09. The molecule has 0 saturated heterocycles. The van der Waals surface area contributed by atoms with Gasteiger partial charge in [-0.1, -0.05) is 11.6 Å². The molecule has 0 saturated carbocycles. The average molecular weight is 393 g/mol. The molecule has 0 spiro atoms. The standard InChI is InChI=1S/C18H17ClN2O6/c1-10-8-13(19)4-7-17(10)27-14-5-6-15(21(25)26)16(9-14)20(12(3)22)11(2)18(23)24/h4-9,11H,1-3H3,(H,23,24). The van der Waals surface area contributed by atoms with E-state index in [9.17, 15) is 24.8 Å². The maximum atomic E-state index is 12.0. The summed E-state index contributed by atoms with van der Waals surface area (Å²) in [7, 11) is 0. The summed E-state index contributed by atoms with van der Waals surface area (Å²) < 4.78 is 5.74. The second kappa shape index (κ2) is 8.05. The van der Waals surface area contributed by atoms with E-state index in [1.54, 1.807) is 25.1 Å². The normalized spacial score (nSPS) is 11.6. The second-order valence-corrected chi connectivity index (χ2v) is 6.26. The summed E-state index contributed by atoms with van der Waals surface area (Å²) in [4.78, 5) is 34.9. The predicted molar refractivity (Wildman–Crippen MR) is 99.6 cm³/mol. The number of amides is 1. The maximum Gasteiger partial charge on any atom is 0.326 e. The van der Waals surface area contributed by atoms with Gasteiger partial charge in [-0.2, -0.15) is 0 Å². The van der Waals surface area contributed by atoms with Crippen molar-refractivity contribution in [1.29, 1.82) is 0 Å². The van der Waals surface area contributed by atoms with Crippen molar-refractivity contribution in [2.45, 2.75) is 26.8 Å². The quantitative estimate of drug-likeness (QED) is 0.583. The molecule has 0 aliphatic heterocycles. The number of nitro benzene ring substituents is 1. The average Bonchev–Trinajstić information content (AvgIpc) is 2.57. The van der Waals surface area contributed by atoms with Crippen LogP contribution in [0.5, 0.6) is 11.5 Å². The van der Waals surface area contributed by atoms with E-state index < -0.39 is 28.5 Å². The maximum absolute atomic E-state index is 12.0. The van der Waals surface area contributed by atoms with E-state index in [1.165, 1.54) is 25.1 Å². The first kappa shape index (κ1) is 20.2. The van der Waals surface area contributed by atoms with Crippen LogP contribution in [0.1, 0.15) is 19.4 Å². The molecule has 2 aromatic rings. The van der Waals surface area contributed by atoms with Crippen molar-refractivity contribution in [3.05, 3.63) is 57.1 Å². The number of aliphatic carboxylic acids is 1. The minimum atomic E-state index is -1.30. The van der Waals surface area contributed by atoms with Gasteiger partial charge in [-0.3, -0.25) is 19.8 Å². The summed E-state index contributed by atoms with van der Waals surface area (Å²) in [6, 6.07) is 7.48. The monoisotopic (exact) mass is 392 g/mol. The summed E-state index contributed by atoms with van der Waals surface area (Å²) in [5.74, 6) is -1.25. The molecule has 0 aliphatic rings. The number of hydrogen-bond donors (Lipinski definition) is 1. The van der Waals surface area contributed by atoms with Crippen LogP contribution < -0.4 is 9.64 Å². The van der Waals surface area contributed by atoms with Crippen LogP contribution in [0.3, 0.4) is 0 Å². The molecule has 9 heteroatoms. The number of carbonyl (C=O) groups excluding carboxylic acids is 1. The topological polar surface area (TPSA) is 110 Å². The molecule has 2 rings (SSSR count). The second-order valence-electron chi connectivity index (χ2n) is 5.82. The number of carboxylic acids is 1. The van der Waals surface area contributed by atoms with Crippen LogP contribution in [0.2, 0.25) is 5.02 Å². The van der Waals surface area contributed by atoms with Gasteiger partial charge in [0.25, 0.3) is 5.69 Å². The number of aryl methyl sites for hydroxylation is 1. The highest BCUT2D eigenvalue weighted by Crippen LogP contribution is 2.36. The van der Waals surface area contributed by atoms with Gasteiger partial charge in [-0.05, 0) is 43.7 Å². The van der Waals surface area contributed by atoms with Gasteiger partial charge in [-0.25, -0.2) is 4.79 Å². The Kier molecular flexibility index (Phi) is 6.02. The molecule has 0 fully saturated rings. The summed E-state index contributed by atoms with van der Waals surface area (Å²) in [6.07, 6.45) is 0. The van der Waals surface area contributed by atoms with Gasteiger partial charge >= 0.3 is 5.97 Å². The molecule has 0 aromatic heterocycles. The first-order valence-electron chi connectivity index (χ1n) is 7.87. The number of hydrogen-bond acceptors (Lipinski definition) is 5. The first-order valence-corrected chi connectivity index (χ1v) is 8.24. The van der Waals surface area contributed by atoms with Gasteiger partial charge in [-0.15, -0.1) is 0 Å². The van der Waals surface area contributed by atoms with Crippen molar-refractivity contribution in [1.82, 2.24) is 0 Å². The Bertz CT molecular complexity index is 915. The third kappa shape index (κ3) is 4.53. The van der Waals surface area contributed by atoms with Crippen molar-refractivity contribution in [3.8, 4) is 11.5 Å². The summed E-state index contributed by atoms with van der Waals surface area (Å²) >= 11 is 5.91. The number of carbonyl (C=O) groups is 2. The first-order chi connectivity index (χ1) is 12.6. The molecule has 8 nitrogen and oxygen atoms in total. The zero-order valence-corrected chi connectivity index (χ0v) is 15.6. The van der Waals surface area contributed by atoms with E-state index in [2.05, 4.69) is 0 Å². The molecular formula is C18H17ClN2O6. The lowest BCUT2D eigenvalue weighted by atomic mass is 10.1. The highest BCUT2D eigenvalue weighted by molar-refractivity contribution is 6.30. The van der Waals surface area contributed by atoms with Gasteiger partial charge in [0.2, 0.25) is 5.91 Å². The van der Waals surface area contributed by atoms with Crippen molar-refractivity contribution >= 4 is 34.9 Å². The van der Waals surface area contributed by atoms with Crippen LogP contribution in [0.15, 0.2) is 36.4 Å². The van der Waals surface area contributed by atoms with Crippen LogP contribution in [-0.4, -0.2) is 27.9 Å². The number of nitrogens with zero attached hydrogens (tertiary/aromatic N) is 2. The lowest BCUT2D eigenvalue weighted by Crippen LogP contribution is -2.42. The molecule has 0 heterocycles. The summed E-state index contributed by atoms with van der Waals surface area (Å²) in [5.41, 5.74) is 0.176. The van der Waals surface area contributed by atoms with Gasteiger partial charge < -0.3 is 9.84 Å². The molecule has 1 N–H and O–H groups in total. The van der Waals surface area contributed by atoms with Crippen molar-refractivity contribution in [2.75, 3.05) is 4.90 Å². The number of carboxylic acid groups (broad SMARTS) is 1. The number of nitro groups is 1. The Morgan fingerprint density at radius 3 is 2.44 bits per heavy atom. The van der Waals surface area contributed by atoms with Gasteiger partial charge in [0.15, 0.2) is 0 Å². The molecule has 1 amide bonds. The molecule has 0 aliphatic carbocycles. The smallest absolute Gasteiger partial charge is 0.326 e. The van der Waals surface area contributed by atoms with Gasteiger partial charge in [0.05, 0.1) is 4.92 Å². The highest BCUT2D eigenvalue weighted by Gasteiger charge is 2.31. The molecule has 1 unspecified atom stereocenters. The zero-order valence-electron chi connectivity index (χ0n) is 14.8. The number of halogens is 1. The molecule has 0 bridgehead atoms. The van der Waals surface area contributed by atoms with Gasteiger partial charge in [0.1, 0.15) is 23.2 Å². The number of rotatable bonds is 6. The molecule has 142 valence electrons. The molecule has 0 radical (unpaired) electrons.